The molecule has 2 aliphatic rings. The van der Waals surface area contributed by atoms with Gasteiger partial charge in [0.25, 0.3) is 0 Å². The number of thioether (sulfide) groups is 1. The van der Waals surface area contributed by atoms with Gasteiger partial charge in [-0.3, -0.25) is 4.90 Å². The summed E-state index contributed by atoms with van der Waals surface area (Å²) in [4.78, 5) is 4.92. The van der Waals surface area contributed by atoms with Gasteiger partial charge in [-0.1, -0.05) is 61.4 Å². The molecule has 5 heteroatoms. The van der Waals surface area contributed by atoms with Gasteiger partial charge in [0.1, 0.15) is 10.1 Å². The summed E-state index contributed by atoms with van der Waals surface area (Å²) in [5.41, 5.74) is 1.25. The molecule has 0 bridgehead atoms. The molecule has 0 spiro atoms. The SMILES string of the molecule is COc1ccccc1CN1CSC(=S)N(C2CCCCC2)C1. The van der Waals surface area contributed by atoms with Crippen LogP contribution in [0.2, 0.25) is 0 Å². The summed E-state index contributed by atoms with van der Waals surface area (Å²) < 4.78 is 6.56. The standard InChI is InChI=1S/C17H24N2OS2/c1-20-16-10-6-5-7-14(16)11-18-12-19(17(21)22-13-18)15-8-3-2-4-9-15/h5-7,10,15H,2-4,8-9,11-13H2,1H3. The molecule has 1 aromatic carbocycles. The van der Waals surface area contributed by atoms with E-state index in [9.17, 15) is 0 Å². The van der Waals surface area contributed by atoms with E-state index in [0.717, 1.165) is 29.2 Å². The molecule has 0 atom stereocenters. The minimum absolute atomic E-state index is 0.647. The molecule has 1 aliphatic heterocycles. The summed E-state index contributed by atoms with van der Waals surface area (Å²) in [6.45, 7) is 1.87. The number of hydrogen-bond acceptors (Lipinski definition) is 4. The molecule has 1 aromatic rings. The Morgan fingerprint density at radius 3 is 2.77 bits per heavy atom. The van der Waals surface area contributed by atoms with Crippen LogP contribution in [-0.4, -0.2) is 39.8 Å². The third-order valence-corrected chi connectivity index (χ3v) is 6.12. The fourth-order valence-electron chi connectivity index (χ4n) is 3.37. The lowest BCUT2D eigenvalue weighted by molar-refractivity contribution is 0.145. The van der Waals surface area contributed by atoms with Crippen molar-refractivity contribution in [3.05, 3.63) is 29.8 Å². The van der Waals surface area contributed by atoms with E-state index in [4.69, 9.17) is 17.0 Å². The van der Waals surface area contributed by atoms with E-state index in [1.54, 1.807) is 18.9 Å². The average molecular weight is 337 g/mol. The van der Waals surface area contributed by atoms with Crippen LogP contribution in [0.5, 0.6) is 5.75 Å². The third kappa shape index (κ3) is 3.76. The number of hydrogen-bond donors (Lipinski definition) is 0. The quantitative estimate of drug-likeness (QED) is 0.768. The van der Waals surface area contributed by atoms with E-state index >= 15 is 0 Å². The Morgan fingerprint density at radius 1 is 1.23 bits per heavy atom. The molecule has 1 heterocycles. The maximum absolute atomic E-state index is 5.61. The smallest absolute Gasteiger partial charge is 0.138 e. The van der Waals surface area contributed by atoms with Gasteiger partial charge in [0, 0.05) is 18.2 Å². The molecule has 120 valence electrons. The van der Waals surface area contributed by atoms with Crippen molar-refractivity contribution >= 4 is 28.3 Å². The topological polar surface area (TPSA) is 15.7 Å². The molecule has 0 unspecified atom stereocenters. The predicted octanol–water partition coefficient (Wildman–Crippen LogP) is 4.08. The Bertz CT molecular complexity index is 517. The normalized spacial score (nSPS) is 21.1. The van der Waals surface area contributed by atoms with Crippen molar-refractivity contribution in [2.45, 2.75) is 44.7 Å². The molecular weight excluding hydrogens is 312 g/mol. The molecule has 1 saturated carbocycles. The zero-order valence-electron chi connectivity index (χ0n) is 13.2. The van der Waals surface area contributed by atoms with Gasteiger partial charge in [-0.15, -0.1) is 0 Å². The first-order valence-corrected chi connectivity index (χ1v) is 9.45. The maximum Gasteiger partial charge on any atom is 0.138 e. The van der Waals surface area contributed by atoms with Crippen LogP contribution in [0.15, 0.2) is 24.3 Å². The molecule has 3 rings (SSSR count). The Kier molecular flexibility index (Phi) is 5.61. The van der Waals surface area contributed by atoms with E-state index in [-0.39, 0.29) is 0 Å². The highest BCUT2D eigenvalue weighted by Gasteiger charge is 2.29. The molecule has 0 N–H and O–H groups in total. The molecule has 0 radical (unpaired) electrons. The summed E-state index contributed by atoms with van der Waals surface area (Å²) >= 11 is 7.41. The lowest BCUT2D eigenvalue weighted by Crippen LogP contribution is -2.49. The highest BCUT2D eigenvalue weighted by atomic mass is 32.2. The van der Waals surface area contributed by atoms with E-state index in [0.29, 0.717) is 6.04 Å². The largest absolute Gasteiger partial charge is 0.496 e. The number of nitrogens with zero attached hydrogens (tertiary/aromatic N) is 2. The molecule has 22 heavy (non-hydrogen) atoms. The molecule has 2 fully saturated rings. The lowest BCUT2D eigenvalue weighted by atomic mass is 9.95. The van der Waals surface area contributed by atoms with Crippen molar-refractivity contribution in [2.75, 3.05) is 19.7 Å². The van der Waals surface area contributed by atoms with Crippen LogP contribution in [0.3, 0.4) is 0 Å². The van der Waals surface area contributed by atoms with Crippen molar-refractivity contribution in [2.24, 2.45) is 0 Å². The first kappa shape index (κ1) is 16.1. The van der Waals surface area contributed by atoms with Crippen LogP contribution >= 0.6 is 24.0 Å². The van der Waals surface area contributed by atoms with Crippen LogP contribution in [-0.2, 0) is 6.54 Å². The Labute approximate surface area is 143 Å². The Morgan fingerprint density at radius 2 is 2.00 bits per heavy atom. The zero-order chi connectivity index (χ0) is 15.4. The van der Waals surface area contributed by atoms with Crippen molar-refractivity contribution in [3.63, 3.8) is 0 Å². The number of ether oxygens (including phenoxy) is 1. The van der Waals surface area contributed by atoms with Crippen molar-refractivity contribution in [1.82, 2.24) is 9.80 Å². The maximum atomic E-state index is 5.61. The van der Waals surface area contributed by atoms with Crippen LogP contribution in [0.1, 0.15) is 37.7 Å². The highest BCUT2D eigenvalue weighted by molar-refractivity contribution is 8.22. The summed E-state index contributed by atoms with van der Waals surface area (Å²) in [5.74, 6) is 1.95. The van der Waals surface area contributed by atoms with Crippen LogP contribution in [0.25, 0.3) is 0 Å². The number of para-hydroxylation sites is 1. The van der Waals surface area contributed by atoms with Crippen molar-refractivity contribution < 1.29 is 4.74 Å². The van der Waals surface area contributed by atoms with Gasteiger partial charge in [-0.05, 0) is 18.9 Å². The second kappa shape index (κ2) is 7.66. The van der Waals surface area contributed by atoms with Gasteiger partial charge < -0.3 is 9.64 Å². The first-order valence-electron chi connectivity index (χ1n) is 8.05. The monoisotopic (exact) mass is 336 g/mol. The summed E-state index contributed by atoms with van der Waals surface area (Å²) in [6.07, 6.45) is 6.67. The zero-order valence-corrected chi connectivity index (χ0v) is 14.8. The molecule has 0 aromatic heterocycles. The molecule has 0 amide bonds. The summed E-state index contributed by atoms with van der Waals surface area (Å²) in [7, 11) is 1.74. The fourth-order valence-corrected chi connectivity index (χ4v) is 4.57. The Hall–Kier alpha value is -0.780. The van der Waals surface area contributed by atoms with Crippen LogP contribution in [0.4, 0.5) is 0 Å². The number of rotatable bonds is 4. The average Bonchev–Trinajstić information content (AvgIpc) is 2.58. The van der Waals surface area contributed by atoms with E-state index in [2.05, 4.69) is 21.9 Å². The van der Waals surface area contributed by atoms with Gasteiger partial charge in [-0.2, -0.15) is 0 Å². The predicted molar refractivity (Wildman–Crippen MR) is 97.2 cm³/mol. The van der Waals surface area contributed by atoms with Gasteiger partial charge >= 0.3 is 0 Å². The Balaban J connectivity index is 1.66. The van der Waals surface area contributed by atoms with Gasteiger partial charge in [0.15, 0.2) is 0 Å². The van der Waals surface area contributed by atoms with E-state index < -0.39 is 0 Å². The minimum atomic E-state index is 0.647. The van der Waals surface area contributed by atoms with E-state index in [1.165, 1.54) is 37.7 Å². The molecule has 1 saturated heterocycles. The molecule has 3 nitrogen and oxygen atoms in total. The second-order valence-electron chi connectivity index (χ2n) is 6.08. The summed E-state index contributed by atoms with van der Waals surface area (Å²) in [6, 6.07) is 8.95. The van der Waals surface area contributed by atoms with Crippen molar-refractivity contribution in [3.8, 4) is 5.75 Å². The number of methoxy groups -OCH3 is 1. The minimum Gasteiger partial charge on any atom is -0.496 e. The first-order chi connectivity index (χ1) is 10.8. The van der Waals surface area contributed by atoms with Gasteiger partial charge in [0.2, 0.25) is 0 Å². The number of thiocarbonyl (C=S) groups is 1. The summed E-state index contributed by atoms with van der Waals surface area (Å²) in [5, 5.41) is 0. The second-order valence-corrected chi connectivity index (χ2v) is 7.66. The van der Waals surface area contributed by atoms with E-state index in [1.807, 2.05) is 12.1 Å². The molecule has 1 aliphatic carbocycles. The lowest BCUT2D eigenvalue weighted by Gasteiger charge is -2.42. The fraction of sp³-hybridized carbons (Fsp3) is 0.588. The van der Waals surface area contributed by atoms with Gasteiger partial charge in [-0.25, -0.2) is 0 Å². The van der Waals surface area contributed by atoms with Crippen LogP contribution in [0, 0.1) is 0 Å². The third-order valence-electron chi connectivity index (χ3n) is 4.56. The molecular formula is C17H24N2OS2. The van der Waals surface area contributed by atoms with Crippen LogP contribution < -0.4 is 4.74 Å². The highest BCUT2D eigenvalue weighted by Crippen LogP contribution is 2.30. The van der Waals surface area contributed by atoms with Gasteiger partial charge in [0.05, 0.1) is 19.7 Å². The number of benzene rings is 1. The van der Waals surface area contributed by atoms with Crippen molar-refractivity contribution in [1.29, 1.82) is 0 Å².